The van der Waals surface area contributed by atoms with E-state index in [-0.39, 0.29) is 11.6 Å². The Bertz CT molecular complexity index is 858. The van der Waals surface area contributed by atoms with Gasteiger partial charge in [0.1, 0.15) is 5.75 Å². The highest BCUT2D eigenvalue weighted by molar-refractivity contribution is 6.03. The van der Waals surface area contributed by atoms with Crippen molar-refractivity contribution in [2.75, 3.05) is 12.4 Å². The lowest BCUT2D eigenvalue weighted by molar-refractivity contribution is -0.116. The first-order valence-electron chi connectivity index (χ1n) is 7.98. The third kappa shape index (κ3) is 5.68. The molecule has 0 saturated heterocycles. The number of hydrogen-bond acceptors (Lipinski definition) is 5. The SMILES string of the molecule is COc1ccc(C(=CC(=O)NN)NC(=O)c2ccc(NC(C)=O)cc2)cc1. The lowest BCUT2D eigenvalue weighted by Crippen LogP contribution is -2.30. The van der Waals surface area contributed by atoms with Gasteiger partial charge in [-0.05, 0) is 54.1 Å². The van der Waals surface area contributed by atoms with Crippen molar-refractivity contribution in [2.24, 2.45) is 5.84 Å². The lowest BCUT2D eigenvalue weighted by atomic mass is 10.1. The van der Waals surface area contributed by atoms with E-state index in [0.29, 0.717) is 22.6 Å². The molecule has 0 heterocycles. The number of hydrazine groups is 1. The third-order valence-electron chi connectivity index (χ3n) is 3.53. The molecule has 0 aliphatic heterocycles. The molecule has 27 heavy (non-hydrogen) atoms. The number of nitrogens with two attached hydrogens (primary N) is 1. The lowest BCUT2D eigenvalue weighted by Gasteiger charge is -2.11. The monoisotopic (exact) mass is 368 g/mol. The van der Waals surface area contributed by atoms with Crippen LogP contribution in [-0.2, 0) is 9.59 Å². The van der Waals surface area contributed by atoms with Gasteiger partial charge < -0.3 is 15.4 Å². The van der Waals surface area contributed by atoms with E-state index in [0.717, 1.165) is 0 Å². The second-order valence-electron chi connectivity index (χ2n) is 5.51. The fourth-order valence-corrected chi connectivity index (χ4v) is 2.24. The Morgan fingerprint density at radius 3 is 2.07 bits per heavy atom. The molecular formula is C19H20N4O4. The van der Waals surface area contributed by atoms with Crippen molar-refractivity contribution >= 4 is 29.1 Å². The highest BCUT2D eigenvalue weighted by Gasteiger charge is 2.11. The summed E-state index contributed by atoms with van der Waals surface area (Å²) in [5.41, 5.74) is 3.80. The van der Waals surface area contributed by atoms with Crippen molar-refractivity contribution in [3.05, 3.63) is 65.7 Å². The second kappa shape index (κ2) is 9.16. The van der Waals surface area contributed by atoms with E-state index in [1.54, 1.807) is 55.6 Å². The summed E-state index contributed by atoms with van der Waals surface area (Å²) >= 11 is 0. The summed E-state index contributed by atoms with van der Waals surface area (Å²) in [7, 11) is 1.54. The van der Waals surface area contributed by atoms with Crippen molar-refractivity contribution in [1.29, 1.82) is 0 Å². The quantitative estimate of drug-likeness (QED) is 0.266. The molecule has 8 heteroatoms. The first-order valence-corrected chi connectivity index (χ1v) is 7.98. The zero-order chi connectivity index (χ0) is 19.8. The van der Waals surface area contributed by atoms with Crippen LogP contribution in [0.2, 0.25) is 0 Å². The van der Waals surface area contributed by atoms with E-state index in [2.05, 4.69) is 10.6 Å². The van der Waals surface area contributed by atoms with Gasteiger partial charge in [-0.3, -0.25) is 19.8 Å². The van der Waals surface area contributed by atoms with Gasteiger partial charge in [-0.15, -0.1) is 0 Å². The van der Waals surface area contributed by atoms with Gasteiger partial charge in [-0.25, -0.2) is 5.84 Å². The molecule has 5 N–H and O–H groups in total. The predicted molar refractivity (Wildman–Crippen MR) is 102 cm³/mol. The maximum Gasteiger partial charge on any atom is 0.259 e. The number of carbonyl (C=O) groups excluding carboxylic acids is 3. The molecule has 0 spiro atoms. The molecule has 2 aromatic rings. The van der Waals surface area contributed by atoms with Crippen molar-refractivity contribution < 1.29 is 19.1 Å². The molecule has 2 rings (SSSR count). The number of anilines is 1. The average Bonchev–Trinajstić information content (AvgIpc) is 2.67. The van der Waals surface area contributed by atoms with Crippen LogP contribution in [-0.4, -0.2) is 24.8 Å². The number of benzene rings is 2. The Labute approximate surface area is 156 Å². The van der Waals surface area contributed by atoms with Crippen LogP contribution in [0.15, 0.2) is 54.6 Å². The van der Waals surface area contributed by atoms with E-state index < -0.39 is 11.8 Å². The van der Waals surface area contributed by atoms with Crippen LogP contribution in [0.4, 0.5) is 5.69 Å². The molecule has 0 atom stereocenters. The van der Waals surface area contributed by atoms with E-state index >= 15 is 0 Å². The number of rotatable bonds is 6. The number of carbonyl (C=O) groups is 3. The van der Waals surface area contributed by atoms with E-state index in [1.165, 1.54) is 13.0 Å². The minimum atomic E-state index is -0.567. The zero-order valence-corrected chi connectivity index (χ0v) is 14.9. The van der Waals surface area contributed by atoms with Crippen LogP contribution in [0.1, 0.15) is 22.8 Å². The molecule has 0 unspecified atom stereocenters. The Morgan fingerprint density at radius 2 is 1.56 bits per heavy atom. The van der Waals surface area contributed by atoms with Crippen molar-refractivity contribution in [1.82, 2.24) is 10.7 Å². The highest BCUT2D eigenvalue weighted by Crippen LogP contribution is 2.18. The predicted octanol–water partition coefficient (Wildman–Crippen LogP) is 1.41. The maximum absolute atomic E-state index is 12.5. The number of nitrogens with one attached hydrogen (secondary N) is 3. The normalized spacial score (nSPS) is 10.7. The Hall–Kier alpha value is -3.65. The van der Waals surface area contributed by atoms with Gasteiger partial charge in [0.15, 0.2) is 0 Å². The molecule has 0 aromatic heterocycles. The number of hydrogen-bond donors (Lipinski definition) is 4. The van der Waals surface area contributed by atoms with Crippen LogP contribution < -0.4 is 26.6 Å². The number of methoxy groups -OCH3 is 1. The second-order valence-corrected chi connectivity index (χ2v) is 5.51. The molecule has 3 amide bonds. The first-order chi connectivity index (χ1) is 12.9. The van der Waals surface area contributed by atoms with Crippen LogP contribution in [0.3, 0.4) is 0 Å². The van der Waals surface area contributed by atoms with Crippen LogP contribution in [0.5, 0.6) is 5.75 Å². The van der Waals surface area contributed by atoms with Gasteiger partial charge in [-0.2, -0.15) is 0 Å². The van der Waals surface area contributed by atoms with Gasteiger partial charge in [0.25, 0.3) is 11.8 Å². The molecule has 0 aliphatic carbocycles. The zero-order valence-electron chi connectivity index (χ0n) is 14.9. The maximum atomic E-state index is 12.5. The summed E-state index contributed by atoms with van der Waals surface area (Å²) in [6, 6.07) is 13.2. The minimum Gasteiger partial charge on any atom is -0.497 e. The summed E-state index contributed by atoms with van der Waals surface area (Å²) < 4.78 is 5.10. The molecule has 0 fully saturated rings. The highest BCUT2D eigenvalue weighted by atomic mass is 16.5. The number of ether oxygens (including phenoxy) is 1. The van der Waals surface area contributed by atoms with Gasteiger partial charge in [0.05, 0.1) is 12.8 Å². The van der Waals surface area contributed by atoms with Crippen LogP contribution in [0.25, 0.3) is 5.70 Å². The Morgan fingerprint density at radius 1 is 0.963 bits per heavy atom. The topological polar surface area (TPSA) is 123 Å². The van der Waals surface area contributed by atoms with E-state index in [9.17, 15) is 14.4 Å². The largest absolute Gasteiger partial charge is 0.497 e. The fraction of sp³-hybridized carbons (Fsp3) is 0.105. The molecule has 8 nitrogen and oxygen atoms in total. The molecular weight excluding hydrogens is 348 g/mol. The van der Waals surface area contributed by atoms with E-state index in [1.807, 2.05) is 5.43 Å². The summed E-state index contributed by atoms with van der Waals surface area (Å²) in [5.74, 6) is 4.58. The average molecular weight is 368 g/mol. The molecule has 0 saturated carbocycles. The van der Waals surface area contributed by atoms with Gasteiger partial charge >= 0.3 is 0 Å². The van der Waals surface area contributed by atoms with Crippen LogP contribution in [0, 0.1) is 0 Å². The standard InChI is InChI=1S/C19H20N4O4/c1-12(24)21-15-7-3-14(4-8-15)19(26)22-17(11-18(25)23-20)13-5-9-16(27-2)10-6-13/h3-11H,20H2,1-2H3,(H,21,24)(H,22,26)(H,23,25). The molecule has 0 bridgehead atoms. The summed E-state index contributed by atoms with van der Waals surface area (Å²) in [6.07, 6.45) is 1.19. The van der Waals surface area contributed by atoms with Gasteiger partial charge in [0, 0.05) is 24.3 Å². The van der Waals surface area contributed by atoms with Gasteiger partial charge in [-0.1, -0.05) is 0 Å². The summed E-state index contributed by atoms with van der Waals surface area (Å²) in [5, 5.41) is 5.31. The first kappa shape index (κ1) is 19.7. The number of amides is 3. The van der Waals surface area contributed by atoms with Crippen molar-refractivity contribution in [3.63, 3.8) is 0 Å². The third-order valence-corrected chi connectivity index (χ3v) is 3.53. The molecule has 2 aromatic carbocycles. The molecule has 0 radical (unpaired) electrons. The van der Waals surface area contributed by atoms with Crippen molar-refractivity contribution in [2.45, 2.75) is 6.92 Å². The van der Waals surface area contributed by atoms with Crippen LogP contribution >= 0.6 is 0 Å². The van der Waals surface area contributed by atoms with Crippen molar-refractivity contribution in [3.8, 4) is 5.75 Å². The molecule has 140 valence electrons. The summed E-state index contributed by atoms with van der Waals surface area (Å²) in [6.45, 7) is 1.40. The minimum absolute atomic E-state index is 0.204. The summed E-state index contributed by atoms with van der Waals surface area (Å²) in [4.78, 5) is 35.2. The Balaban J connectivity index is 2.23. The van der Waals surface area contributed by atoms with Gasteiger partial charge in [0.2, 0.25) is 5.91 Å². The Kier molecular flexibility index (Phi) is 6.67. The smallest absolute Gasteiger partial charge is 0.259 e. The van der Waals surface area contributed by atoms with E-state index in [4.69, 9.17) is 10.6 Å². The molecule has 0 aliphatic rings. The fourth-order valence-electron chi connectivity index (χ4n) is 2.24.